The molecule has 0 aromatic heterocycles. The highest BCUT2D eigenvalue weighted by atomic mass is 16.2. The summed E-state index contributed by atoms with van der Waals surface area (Å²) in [4.78, 5) is 38.2. The Balaban J connectivity index is 1.55. The van der Waals surface area contributed by atoms with E-state index < -0.39 is 12.2 Å². The second-order valence-corrected chi connectivity index (χ2v) is 8.37. The van der Waals surface area contributed by atoms with Gasteiger partial charge in [0.05, 0.1) is 6.54 Å². The third-order valence-corrected chi connectivity index (χ3v) is 6.24. The van der Waals surface area contributed by atoms with Crippen LogP contribution >= 0.6 is 0 Å². The summed E-state index contributed by atoms with van der Waals surface area (Å²) in [5, 5.41) is 0. The van der Waals surface area contributed by atoms with E-state index in [4.69, 9.17) is 4.99 Å². The minimum Gasteiger partial charge on any atom is -0.343 e. The van der Waals surface area contributed by atoms with Crippen molar-refractivity contribution in [1.82, 2.24) is 19.6 Å². The Labute approximate surface area is 166 Å². The number of hydrogen-bond donors (Lipinski definition) is 0. The lowest BCUT2D eigenvalue weighted by atomic mass is 9.99. The van der Waals surface area contributed by atoms with Crippen LogP contribution in [0.25, 0.3) is 0 Å². The van der Waals surface area contributed by atoms with E-state index in [-0.39, 0.29) is 18.5 Å². The molecule has 3 aliphatic rings. The standard InChI is InChI=1S/C21H29N5O2/c1-14-5-7-16(8-6-14)13-26-19(27)17-18(24(4)21(26)28)22-20(23(17)3)25-11-9-15(2)10-12-25/h5-8,15,17-18H,9-13H2,1-4H3. The van der Waals surface area contributed by atoms with Gasteiger partial charge in [0, 0.05) is 27.2 Å². The highest BCUT2D eigenvalue weighted by Crippen LogP contribution is 2.30. The van der Waals surface area contributed by atoms with Crippen molar-refractivity contribution < 1.29 is 9.59 Å². The summed E-state index contributed by atoms with van der Waals surface area (Å²) >= 11 is 0. The van der Waals surface area contributed by atoms with Gasteiger partial charge in [-0.15, -0.1) is 0 Å². The first-order valence-electron chi connectivity index (χ1n) is 10.1. The van der Waals surface area contributed by atoms with Crippen molar-refractivity contribution in [3.05, 3.63) is 35.4 Å². The largest absolute Gasteiger partial charge is 0.343 e. The van der Waals surface area contributed by atoms with Gasteiger partial charge in [-0.25, -0.2) is 9.79 Å². The van der Waals surface area contributed by atoms with Gasteiger partial charge in [0.25, 0.3) is 5.91 Å². The summed E-state index contributed by atoms with van der Waals surface area (Å²) in [6.45, 7) is 6.48. The van der Waals surface area contributed by atoms with Crippen LogP contribution in [0.5, 0.6) is 0 Å². The number of nitrogens with zero attached hydrogens (tertiary/aromatic N) is 5. The molecule has 1 aromatic rings. The van der Waals surface area contributed by atoms with Crippen molar-refractivity contribution in [3.63, 3.8) is 0 Å². The summed E-state index contributed by atoms with van der Waals surface area (Å²) in [5.74, 6) is 1.40. The Kier molecular flexibility index (Phi) is 4.77. The molecule has 0 bridgehead atoms. The third kappa shape index (κ3) is 3.12. The number of carbonyl (C=O) groups excluding carboxylic acids is 2. The van der Waals surface area contributed by atoms with Gasteiger partial charge < -0.3 is 14.7 Å². The minimum absolute atomic E-state index is 0.166. The summed E-state index contributed by atoms with van der Waals surface area (Å²) in [5.41, 5.74) is 2.10. The number of aryl methyl sites for hydroxylation is 1. The number of imide groups is 1. The van der Waals surface area contributed by atoms with E-state index in [2.05, 4.69) is 11.8 Å². The predicted molar refractivity (Wildman–Crippen MR) is 108 cm³/mol. The first kappa shape index (κ1) is 18.8. The van der Waals surface area contributed by atoms with E-state index in [1.165, 1.54) is 4.90 Å². The zero-order valence-corrected chi connectivity index (χ0v) is 17.1. The first-order chi connectivity index (χ1) is 13.4. The minimum atomic E-state index is -0.456. The van der Waals surface area contributed by atoms with E-state index in [9.17, 15) is 9.59 Å². The van der Waals surface area contributed by atoms with Gasteiger partial charge in [-0.3, -0.25) is 9.69 Å². The Hall–Kier alpha value is -2.57. The highest BCUT2D eigenvalue weighted by Gasteiger charge is 2.51. The molecule has 0 saturated carbocycles. The van der Waals surface area contributed by atoms with E-state index in [0.717, 1.165) is 48.9 Å². The lowest BCUT2D eigenvalue weighted by molar-refractivity contribution is -0.137. The average Bonchev–Trinajstić information content (AvgIpc) is 3.03. The molecular formula is C21H29N5O2. The van der Waals surface area contributed by atoms with Gasteiger partial charge >= 0.3 is 6.03 Å². The Morgan fingerprint density at radius 1 is 1.04 bits per heavy atom. The van der Waals surface area contributed by atoms with Crippen molar-refractivity contribution in [2.24, 2.45) is 10.9 Å². The molecule has 7 nitrogen and oxygen atoms in total. The van der Waals surface area contributed by atoms with Crippen molar-refractivity contribution in [1.29, 1.82) is 0 Å². The average molecular weight is 383 g/mol. The fourth-order valence-electron chi connectivity index (χ4n) is 4.29. The molecule has 28 heavy (non-hydrogen) atoms. The van der Waals surface area contributed by atoms with Crippen molar-refractivity contribution in [2.75, 3.05) is 27.2 Å². The van der Waals surface area contributed by atoms with Gasteiger partial charge in [0.15, 0.2) is 18.2 Å². The van der Waals surface area contributed by atoms with Gasteiger partial charge in [-0.1, -0.05) is 36.8 Å². The number of guanidine groups is 1. The van der Waals surface area contributed by atoms with Crippen molar-refractivity contribution >= 4 is 17.9 Å². The lowest BCUT2D eigenvalue weighted by Gasteiger charge is -2.41. The SMILES string of the molecule is Cc1ccc(CN2C(=O)C3C(N=C(N4CCC(C)CC4)N3C)N(C)C2=O)cc1. The topological polar surface area (TPSA) is 59.5 Å². The molecule has 0 N–H and O–H groups in total. The molecule has 2 fully saturated rings. The van der Waals surface area contributed by atoms with Crippen LogP contribution in [0.1, 0.15) is 30.9 Å². The number of rotatable bonds is 2. The number of piperidine rings is 1. The molecule has 0 spiro atoms. The van der Waals surface area contributed by atoms with E-state index >= 15 is 0 Å². The fourth-order valence-corrected chi connectivity index (χ4v) is 4.29. The maximum absolute atomic E-state index is 13.3. The van der Waals surface area contributed by atoms with Crippen LogP contribution in [0.2, 0.25) is 0 Å². The van der Waals surface area contributed by atoms with Crippen LogP contribution in [0.4, 0.5) is 4.79 Å². The molecular weight excluding hydrogens is 354 g/mol. The van der Waals surface area contributed by atoms with Crippen LogP contribution in [-0.2, 0) is 11.3 Å². The molecule has 3 amide bonds. The number of aliphatic imine (C=N–C) groups is 1. The zero-order chi connectivity index (χ0) is 20.0. The second kappa shape index (κ2) is 7.11. The number of hydrogen-bond acceptors (Lipinski definition) is 5. The molecule has 2 atom stereocenters. The molecule has 3 aliphatic heterocycles. The number of urea groups is 1. The molecule has 0 radical (unpaired) electrons. The second-order valence-electron chi connectivity index (χ2n) is 8.37. The van der Waals surface area contributed by atoms with E-state index in [0.29, 0.717) is 0 Å². The number of fused-ring (bicyclic) bond motifs is 1. The van der Waals surface area contributed by atoms with Crippen molar-refractivity contribution in [3.8, 4) is 0 Å². The molecule has 1 aromatic carbocycles. The van der Waals surface area contributed by atoms with Crippen LogP contribution in [0.15, 0.2) is 29.3 Å². The van der Waals surface area contributed by atoms with Gasteiger partial charge in [0.2, 0.25) is 0 Å². The summed E-state index contributed by atoms with van der Waals surface area (Å²) in [7, 11) is 3.67. The monoisotopic (exact) mass is 383 g/mol. The third-order valence-electron chi connectivity index (χ3n) is 6.24. The molecule has 0 aliphatic carbocycles. The maximum atomic E-state index is 13.3. The normalized spacial score (nSPS) is 26.1. The molecule has 150 valence electrons. The Morgan fingerprint density at radius 3 is 2.32 bits per heavy atom. The zero-order valence-electron chi connectivity index (χ0n) is 17.1. The lowest BCUT2D eigenvalue weighted by Crippen LogP contribution is -2.64. The number of carbonyl (C=O) groups is 2. The number of benzene rings is 1. The fraction of sp³-hybridized carbons (Fsp3) is 0.571. The van der Waals surface area contributed by atoms with E-state index in [1.807, 2.05) is 43.1 Å². The maximum Gasteiger partial charge on any atom is 0.328 e. The molecule has 3 heterocycles. The number of likely N-dealkylation sites (N-methyl/N-ethyl adjacent to an activating group) is 2. The highest BCUT2D eigenvalue weighted by molar-refractivity contribution is 6.03. The Morgan fingerprint density at radius 2 is 1.68 bits per heavy atom. The van der Waals surface area contributed by atoms with Gasteiger partial charge in [-0.2, -0.15) is 0 Å². The quantitative estimate of drug-likeness (QED) is 0.785. The first-order valence-corrected chi connectivity index (χ1v) is 10.1. The number of likely N-dealkylation sites (tertiary alicyclic amines) is 1. The van der Waals surface area contributed by atoms with Crippen LogP contribution in [-0.4, -0.2) is 76.9 Å². The summed E-state index contributed by atoms with van der Waals surface area (Å²) in [6.07, 6.45) is 1.81. The van der Waals surface area contributed by atoms with Crippen LogP contribution in [0, 0.1) is 12.8 Å². The molecule has 2 saturated heterocycles. The van der Waals surface area contributed by atoms with Crippen molar-refractivity contribution in [2.45, 2.75) is 45.4 Å². The molecule has 7 heteroatoms. The predicted octanol–water partition coefficient (Wildman–Crippen LogP) is 2.12. The molecule has 4 rings (SSSR count). The summed E-state index contributed by atoms with van der Waals surface area (Å²) < 4.78 is 0. The summed E-state index contributed by atoms with van der Waals surface area (Å²) in [6, 6.07) is 7.20. The van der Waals surface area contributed by atoms with E-state index in [1.54, 1.807) is 11.9 Å². The van der Waals surface area contributed by atoms with Crippen LogP contribution < -0.4 is 0 Å². The van der Waals surface area contributed by atoms with Gasteiger partial charge in [0.1, 0.15) is 0 Å². The number of amides is 3. The smallest absolute Gasteiger partial charge is 0.328 e. The van der Waals surface area contributed by atoms with Gasteiger partial charge in [-0.05, 0) is 31.2 Å². The molecule has 2 unspecified atom stereocenters. The van der Waals surface area contributed by atoms with Crippen LogP contribution in [0.3, 0.4) is 0 Å². The Bertz CT molecular complexity index is 798.